The van der Waals surface area contributed by atoms with Gasteiger partial charge in [0.05, 0.1) is 0 Å². The van der Waals surface area contributed by atoms with E-state index in [-0.39, 0.29) is 11.3 Å². The van der Waals surface area contributed by atoms with Gasteiger partial charge < -0.3 is 15.6 Å². The van der Waals surface area contributed by atoms with Crippen LogP contribution in [0.2, 0.25) is 0 Å². The van der Waals surface area contributed by atoms with E-state index in [1.807, 2.05) is 0 Å². The Morgan fingerprint density at radius 3 is 2.89 bits per heavy atom. The van der Waals surface area contributed by atoms with Crippen molar-refractivity contribution in [3.05, 3.63) is 41.3 Å². The van der Waals surface area contributed by atoms with Crippen molar-refractivity contribution in [3.8, 4) is 0 Å². The van der Waals surface area contributed by atoms with Crippen LogP contribution >= 0.6 is 0 Å². The molecule has 0 unspecified atom stereocenters. The van der Waals surface area contributed by atoms with Gasteiger partial charge in [-0.3, -0.25) is 4.79 Å². The highest BCUT2D eigenvalue weighted by Gasteiger charge is 2.08. The summed E-state index contributed by atoms with van der Waals surface area (Å²) in [6.07, 6.45) is 0.438. The summed E-state index contributed by atoms with van der Waals surface area (Å²) in [6.45, 7) is 2.01. The number of aromatic nitrogens is 2. The number of nitrogens with two attached hydrogens (primary N) is 1. The number of carbonyl (C=O) groups excluding carboxylic acids is 1. The number of hydrogen-bond acceptors (Lipinski definition) is 5. The third-order valence-corrected chi connectivity index (χ3v) is 2.39. The van der Waals surface area contributed by atoms with Gasteiger partial charge in [0, 0.05) is 31.1 Å². The van der Waals surface area contributed by atoms with E-state index in [1.54, 1.807) is 6.92 Å². The number of aryl methyl sites for hydroxylation is 1. The molecule has 0 radical (unpaired) electrons. The summed E-state index contributed by atoms with van der Waals surface area (Å²) in [7, 11) is 0. The van der Waals surface area contributed by atoms with Crippen LogP contribution in [0.3, 0.4) is 0 Å². The van der Waals surface area contributed by atoms with Crippen LogP contribution in [0.5, 0.6) is 0 Å². The maximum absolute atomic E-state index is 13.1. The molecule has 3 N–H and O–H groups in total. The molecule has 0 aliphatic rings. The summed E-state index contributed by atoms with van der Waals surface area (Å²) >= 11 is 0. The zero-order valence-electron chi connectivity index (χ0n) is 10.3. The van der Waals surface area contributed by atoms with Gasteiger partial charge in [-0.1, -0.05) is 5.16 Å². The minimum atomic E-state index is -0.543. The number of hydrogen-bond donors (Lipinski definition) is 2. The van der Waals surface area contributed by atoms with E-state index in [0.717, 1.165) is 12.1 Å². The van der Waals surface area contributed by atoms with Gasteiger partial charge >= 0.3 is 0 Å². The monoisotopic (exact) mass is 264 g/mol. The lowest BCUT2D eigenvalue weighted by Crippen LogP contribution is -2.26. The first-order valence-electron chi connectivity index (χ1n) is 5.68. The largest absolute Gasteiger partial charge is 0.399 e. The fourth-order valence-electron chi connectivity index (χ4n) is 1.58. The zero-order chi connectivity index (χ0) is 13.8. The number of nitrogen functional groups attached to an aromatic ring is 1. The average molecular weight is 264 g/mol. The summed E-state index contributed by atoms with van der Waals surface area (Å²) in [5, 5.41) is 6.32. The quantitative estimate of drug-likeness (QED) is 0.805. The SMILES string of the molecule is Cc1nc(CCNC(=O)c2cc(N)cc(F)c2)no1. The van der Waals surface area contributed by atoms with Crippen molar-refractivity contribution in [1.29, 1.82) is 0 Å². The van der Waals surface area contributed by atoms with Gasteiger partial charge in [-0.15, -0.1) is 0 Å². The predicted molar refractivity (Wildman–Crippen MR) is 65.9 cm³/mol. The van der Waals surface area contributed by atoms with E-state index in [9.17, 15) is 9.18 Å². The lowest BCUT2D eigenvalue weighted by atomic mass is 10.2. The second-order valence-electron chi connectivity index (χ2n) is 4.01. The number of carbonyl (C=O) groups is 1. The molecule has 0 atom stereocenters. The van der Waals surface area contributed by atoms with E-state index >= 15 is 0 Å². The van der Waals surface area contributed by atoms with Gasteiger partial charge in [-0.2, -0.15) is 4.98 Å². The Hall–Kier alpha value is -2.44. The lowest BCUT2D eigenvalue weighted by molar-refractivity contribution is 0.0953. The Morgan fingerprint density at radius 1 is 1.47 bits per heavy atom. The third-order valence-electron chi connectivity index (χ3n) is 2.39. The molecule has 1 aromatic heterocycles. The smallest absolute Gasteiger partial charge is 0.251 e. The molecule has 1 heterocycles. The Bertz CT molecular complexity index is 577. The molecular formula is C12H13FN4O2. The number of halogens is 1. The topological polar surface area (TPSA) is 94.0 Å². The third kappa shape index (κ3) is 3.51. The van der Waals surface area contributed by atoms with Crippen LogP contribution in [0.25, 0.3) is 0 Å². The standard InChI is InChI=1S/C12H13FN4O2/c1-7-16-11(17-19-7)2-3-15-12(18)8-4-9(13)6-10(14)5-8/h4-6H,2-3,14H2,1H3,(H,15,18). The average Bonchev–Trinajstić information content (AvgIpc) is 2.73. The van der Waals surface area contributed by atoms with Crippen LogP contribution < -0.4 is 11.1 Å². The summed E-state index contributed by atoms with van der Waals surface area (Å²) in [5.41, 5.74) is 5.86. The summed E-state index contributed by atoms with van der Waals surface area (Å²) in [5.74, 6) is 0.0427. The van der Waals surface area contributed by atoms with E-state index in [2.05, 4.69) is 15.5 Å². The van der Waals surface area contributed by atoms with E-state index < -0.39 is 11.7 Å². The van der Waals surface area contributed by atoms with Crippen LogP contribution in [0.15, 0.2) is 22.7 Å². The first-order chi connectivity index (χ1) is 9.04. The van der Waals surface area contributed by atoms with Crippen molar-refractivity contribution in [2.24, 2.45) is 0 Å². The van der Waals surface area contributed by atoms with Gasteiger partial charge in [0.15, 0.2) is 5.82 Å². The molecule has 1 amide bonds. The number of anilines is 1. The molecule has 2 aromatic rings. The second-order valence-corrected chi connectivity index (χ2v) is 4.01. The molecule has 0 saturated carbocycles. The molecular weight excluding hydrogens is 251 g/mol. The highest BCUT2D eigenvalue weighted by molar-refractivity contribution is 5.95. The number of benzene rings is 1. The minimum Gasteiger partial charge on any atom is -0.399 e. The fraction of sp³-hybridized carbons (Fsp3) is 0.250. The number of amides is 1. The Morgan fingerprint density at radius 2 is 2.26 bits per heavy atom. The Balaban J connectivity index is 1.90. The van der Waals surface area contributed by atoms with Crippen LogP contribution in [0, 0.1) is 12.7 Å². The van der Waals surface area contributed by atoms with Gasteiger partial charge in [0.2, 0.25) is 5.89 Å². The first kappa shape index (κ1) is 13.0. The molecule has 1 aromatic carbocycles. The molecule has 19 heavy (non-hydrogen) atoms. The van der Waals surface area contributed by atoms with Crippen molar-refractivity contribution >= 4 is 11.6 Å². The molecule has 0 aliphatic carbocycles. The second kappa shape index (κ2) is 5.47. The number of rotatable bonds is 4. The predicted octanol–water partition coefficient (Wildman–Crippen LogP) is 1.07. The molecule has 2 rings (SSSR count). The summed E-state index contributed by atoms with van der Waals surface area (Å²) in [6, 6.07) is 3.69. The zero-order valence-corrected chi connectivity index (χ0v) is 10.3. The molecule has 0 aliphatic heterocycles. The van der Waals surface area contributed by atoms with Crippen LogP contribution in [-0.4, -0.2) is 22.6 Å². The van der Waals surface area contributed by atoms with E-state index in [4.69, 9.17) is 10.3 Å². The van der Waals surface area contributed by atoms with Gasteiger partial charge in [0.25, 0.3) is 5.91 Å². The van der Waals surface area contributed by atoms with Gasteiger partial charge in [-0.05, 0) is 18.2 Å². The number of nitrogens with zero attached hydrogens (tertiary/aromatic N) is 2. The normalized spacial score (nSPS) is 10.4. The molecule has 0 bridgehead atoms. The summed E-state index contributed by atoms with van der Waals surface area (Å²) in [4.78, 5) is 15.7. The maximum Gasteiger partial charge on any atom is 0.251 e. The van der Waals surface area contributed by atoms with Gasteiger partial charge in [0.1, 0.15) is 5.82 Å². The van der Waals surface area contributed by atoms with E-state index in [0.29, 0.717) is 24.7 Å². The Kier molecular flexibility index (Phi) is 3.74. The van der Waals surface area contributed by atoms with Crippen molar-refractivity contribution in [2.75, 3.05) is 12.3 Å². The molecule has 0 saturated heterocycles. The van der Waals surface area contributed by atoms with E-state index in [1.165, 1.54) is 6.07 Å². The fourth-order valence-corrected chi connectivity index (χ4v) is 1.58. The van der Waals surface area contributed by atoms with Crippen LogP contribution in [-0.2, 0) is 6.42 Å². The first-order valence-corrected chi connectivity index (χ1v) is 5.68. The van der Waals surface area contributed by atoms with Gasteiger partial charge in [-0.25, -0.2) is 4.39 Å². The highest BCUT2D eigenvalue weighted by atomic mass is 19.1. The lowest BCUT2D eigenvalue weighted by Gasteiger charge is -2.04. The van der Waals surface area contributed by atoms with Crippen molar-refractivity contribution in [1.82, 2.24) is 15.5 Å². The van der Waals surface area contributed by atoms with Crippen molar-refractivity contribution in [3.63, 3.8) is 0 Å². The maximum atomic E-state index is 13.1. The van der Waals surface area contributed by atoms with Crippen molar-refractivity contribution in [2.45, 2.75) is 13.3 Å². The minimum absolute atomic E-state index is 0.182. The highest BCUT2D eigenvalue weighted by Crippen LogP contribution is 2.10. The summed E-state index contributed by atoms with van der Waals surface area (Å²) < 4.78 is 17.9. The molecule has 6 nitrogen and oxygen atoms in total. The van der Waals surface area contributed by atoms with Crippen LogP contribution in [0.1, 0.15) is 22.1 Å². The molecule has 7 heteroatoms. The molecule has 0 fully saturated rings. The number of nitrogens with one attached hydrogen (secondary N) is 1. The molecule has 100 valence electrons. The van der Waals surface area contributed by atoms with Crippen molar-refractivity contribution < 1.29 is 13.7 Å². The Labute approximate surface area is 108 Å². The molecule has 0 spiro atoms. The van der Waals surface area contributed by atoms with Crippen LogP contribution in [0.4, 0.5) is 10.1 Å².